The summed E-state index contributed by atoms with van der Waals surface area (Å²) in [5, 5.41) is 2.05. The van der Waals surface area contributed by atoms with Crippen molar-refractivity contribution in [1.29, 1.82) is 0 Å². The Hall–Kier alpha value is -2.90. The van der Waals surface area contributed by atoms with Gasteiger partial charge < -0.3 is 0 Å². The largest absolute Gasteiger partial charge is 0.292 e. The fourth-order valence-corrected chi connectivity index (χ4v) is 4.37. The third kappa shape index (κ3) is 4.35. The number of rotatable bonds is 5. The van der Waals surface area contributed by atoms with Crippen molar-refractivity contribution in [3.05, 3.63) is 103 Å². The number of hydrogen-bond donors (Lipinski definition) is 0. The highest BCUT2D eigenvalue weighted by Gasteiger charge is 2.42. The number of benzene rings is 3. The second kappa shape index (κ2) is 9.15. The quantitative estimate of drug-likeness (QED) is 0.312. The molecule has 0 spiro atoms. The van der Waals surface area contributed by atoms with E-state index in [2.05, 4.69) is 0 Å². The Morgan fingerprint density at radius 3 is 1.70 bits per heavy atom. The zero-order valence-electron chi connectivity index (χ0n) is 16.5. The van der Waals surface area contributed by atoms with Gasteiger partial charge in [0.25, 0.3) is 17.7 Å². The molecule has 3 aromatic carbocycles. The lowest BCUT2D eigenvalue weighted by Crippen LogP contribution is -2.51. The predicted molar refractivity (Wildman–Crippen MR) is 125 cm³/mol. The molecule has 3 aromatic rings. The Morgan fingerprint density at radius 1 is 0.727 bits per heavy atom. The van der Waals surface area contributed by atoms with Crippen molar-refractivity contribution in [2.24, 2.45) is 0 Å². The van der Waals surface area contributed by atoms with Crippen LogP contribution >= 0.6 is 46.4 Å². The molecule has 0 unspecified atom stereocenters. The summed E-state index contributed by atoms with van der Waals surface area (Å²) in [6.07, 6.45) is 0. The van der Waals surface area contributed by atoms with Crippen LogP contribution in [0.4, 0.5) is 0 Å². The molecular weight excluding hydrogens is 510 g/mol. The molecule has 0 fully saturated rings. The second-order valence-corrected chi connectivity index (χ2v) is 8.69. The van der Waals surface area contributed by atoms with Gasteiger partial charge in [-0.15, -0.1) is 0 Å². The highest BCUT2D eigenvalue weighted by atomic mass is 35.5. The number of carbonyl (C=O) groups is 4. The molecule has 0 atom stereocenters. The van der Waals surface area contributed by atoms with E-state index in [1.807, 2.05) is 0 Å². The molecule has 0 saturated heterocycles. The van der Waals surface area contributed by atoms with E-state index in [1.54, 1.807) is 12.1 Å². The van der Waals surface area contributed by atoms with E-state index in [1.165, 1.54) is 48.5 Å². The van der Waals surface area contributed by atoms with Crippen LogP contribution in [0.2, 0.25) is 20.1 Å². The van der Waals surface area contributed by atoms with Gasteiger partial charge >= 0.3 is 0 Å². The monoisotopic (exact) mass is 520 g/mol. The lowest BCUT2D eigenvalue weighted by molar-refractivity contribution is 0.00532. The first-order valence-corrected chi connectivity index (χ1v) is 10.9. The zero-order valence-corrected chi connectivity index (χ0v) is 19.5. The molecule has 10 heteroatoms. The Morgan fingerprint density at radius 2 is 1.21 bits per heavy atom. The summed E-state index contributed by atoms with van der Waals surface area (Å²) >= 11 is 24.2. The maximum Gasteiger partial charge on any atom is 0.280 e. The molecule has 6 nitrogen and oxygen atoms in total. The molecule has 0 aromatic heterocycles. The van der Waals surface area contributed by atoms with Gasteiger partial charge in [0.15, 0.2) is 5.78 Å². The summed E-state index contributed by atoms with van der Waals surface area (Å²) in [6.45, 7) is -0.662. The molecule has 1 aliphatic heterocycles. The lowest BCUT2D eigenvalue weighted by atomic mass is 10.1. The highest BCUT2D eigenvalue weighted by Crippen LogP contribution is 2.29. The molecule has 33 heavy (non-hydrogen) atoms. The van der Waals surface area contributed by atoms with Crippen molar-refractivity contribution in [3.63, 3.8) is 0 Å². The van der Waals surface area contributed by atoms with Crippen molar-refractivity contribution >= 4 is 69.9 Å². The number of amides is 3. The third-order valence-corrected chi connectivity index (χ3v) is 6.03. The third-order valence-electron chi connectivity index (χ3n) is 4.93. The first kappa shape index (κ1) is 23.3. The fraction of sp³-hybridized carbons (Fsp3) is 0.0435. The molecule has 166 valence electrons. The molecule has 4 rings (SSSR count). The van der Waals surface area contributed by atoms with Crippen molar-refractivity contribution in [3.8, 4) is 0 Å². The number of carbonyl (C=O) groups excluding carboxylic acids is 4. The van der Waals surface area contributed by atoms with Crippen LogP contribution in [0.3, 0.4) is 0 Å². The van der Waals surface area contributed by atoms with Crippen LogP contribution in [0.25, 0.3) is 0 Å². The van der Waals surface area contributed by atoms with Crippen LogP contribution in [0, 0.1) is 0 Å². The van der Waals surface area contributed by atoms with E-state index >= 15 is 0 Å². The summed E-state index contributed by atoms with van der Waals surface area (Å²) in [6, 6.07) is 14.5. The molecule has 0 saturated carbocycles. The van der Waals surface area contributed by atoms with E-state index in [9.17, 15) is 19.2 Å². The Labute approximate surface area is 208 Å². The minimum Gasteiger partial charge on any atom is -0.292 e. The van der Waals surface area contributed by atoms with Gasteiger partial charge in [-0.25, -0.2) is 5.01 Å². The molecule has 0 radical (unpaired) electrons. The number of halogens is 4. The smallest absolute Gasteiger partial charge is 0.280 e. The Balaban J connectivity index is 1.77. The molecular formula is C23H12Cl4N2O4. The van der Waals surface area contributed by atoms with Gasteiger partial charge in [0.1, 0.15) is 6.54 Å². The summed E-state index contributed by atoms with van der Waals surface area (Å²) < 4.78 is 0. The summed E-state index contributed by atoms with van der Waals surface area (Å²) in [5.74, 6) is -2.95. The fourth-order valence-electron chi connectivity index (χ4n) is 3.37. The first-order chi connectivity index (χ1) is 15.7. The highest BCUT2D eigenvalue weighted by molar-refractivity contribution is 6.38. The normalized spacial score (nSPS) is 12.7. The summed E-state index contributed by atoms with van der Waals surface area (Å²) in [5.41, 5.74) is 0.240. The zero-order chi connectivity index (χ0) is 23.9. The topological polar surface area (TPSA) is 74.8 Å². The Kier molecular flexibility index (Phi) is 6.45. The number of hydrazine groups is 1. The van der Waals surface area contributed by atoms with Crippen molar-refractivity contribution in [2.75, 3.05) is 6.54 Å². The average molecular weight is 522 g/mol. The summed E-state index contributed by atoms with van der Waals surface area (Å²) in [7, 11) is 0. The van der Waals surface area contributed by atoms with Crippen LogP contribution in [0.5, 0.6) is 0 Å². The van der Waals surface area contributed by atoms with E-state index in [4.69, 9.17) is 46.4 Å². The van der Waals surface area contributed by atoms with Crippen molar-refractivity contribution < 1.29 is 19.2 Å². The van der Waals surface area contributed by atoms with Crippen LogP contribution < -0.4 is 0 Å². The van der Waals surface area contributed by atoms with Gasteiger partial charge in [-0.05, 0) is 48.5 Å². The molecule has 1 heterocycles. The summed E-state index contributed by atoms with van der Waals surface area (Å²) in [4.78, 5) is 52.6. The van der Waals surface area contributed by atoms with E-state index in [0.717, 1.165) is 5.01 Å². The second-order valence-electron chi connectivity index (χ2n) is 7.00. The molecule has 0 aliphatic carbocycles. The van der Waals surface area contributed by atoms with Crippen LogP contribution in [-0.4, -0.2) is 40.1 Å². The first-order valence-electron chi connectivity index (χ1n) is 9.42. The molecule has 3 amide bonds. The number of nitrogens with zero attached hydrogens (tertiary/aromatic N) is 2. The maximum atomic E-state index is 13.5. The number of hydrogen-bond acceptors (Lipinski definition) is 4. The number of Topliss-reactive ketones (excluding diaryl/α,β-unsaturated/α-hetero) is 1. The van der Waals surface area contributed by atoms with Crippen LogP contribution in [-0.2, 0) is 0 Å². The minimum absolute atomic E-state index is 0.00826. The SMILES string of the molecule is O=C(CN(C(=O)c1ccc(Cl)cc1Cl)N1C(=O)c2ccccc2C1=O)c1ccc(Cl)cc1Cl. The lowest BCUT2D eigenvalue weighted by Gasteiger charge is -2.29. The van der Waals surface area contributed by atoms with E-state index in [0.29, 0.717) is 10.0 Å². The van der Waals surface area contributed by atoms with Gasteiger partial charge in [0.05, 0.1) is 26.7 Å². The average Bonchev–Trinajstić information content (AvgIpc) is 3.02. The minimum atomic E-state index is -0.843. The van der Waals surface area contributed by atoms with Crippen LogP contribution in [0.15, 0.2) is 60.7 Å². The van der Waals surface area contributed by atoms with Crippen molar-refractivity contribution in [2.45, 2.75) is 0 Å². The maximum absolute atomic E-state index is 13.5. The molecule has 0 N–H and O–H groups in total. The van der Waals surface area contributed by atoms with Gasteiger partial charge in [-0.1, -0.05) is 58.5 Å². The van der Waals surface area contributed by atoms with Crippen LogP contribution in [0.1, 0.15) is 41.4 Å². The van der Waals surface area contributed by atoms with Gasteiger partial charge in [0, 0.05) is 15.6 Å². The van der Waals surface area contributed by atoms with E-state index < -0.39 is 30.0 Å². The Bertz CT molecular complexity index is 1310. The van der Waals surface area contributed by atoms with Gasteiger partial charge in [0.2, 0.25) is 0 Å². The van der Waals surface area contributed by atoms with Crippen molar-refractivity contribution in [1.82, 2.24) is 10.0 Å². The van der Waals surface area contributed by atoms with Gasteiger partial charge in [-0.3, -0.25) is 19.2 Å². The number of fused-ring (bicyclic) bond motifs is 1. The predicted octanol–water partition coefficient (Wildman–Crippen LogP) is 5.84. The molecule has 0 bridgehead atoms. The van der Waals surface area contributed by atoms with Gasteiger partial charge in [-0.2, -0.15) is 5.01 Å². The standard InChI is InChI=1S/C23H12Cl4N2O4/c24-12-5-7-16(18(26)9-12)20(30)11-28(21(31)17-8-6-13(25)10-19(17)27)29-22(32)14-3-1-2-4-15(14)23(29)33/h1-10H,11H2. The van der Waals surface area contributed by atoms with E-state index in [-0.39, 0.29) is 37.3 Å². The molecule has 1 aliphatic rings. The number of imide groups is 1. The number of ketones is 1.